The SMILES string of the molecule is CC(C)CCNCc1ncnn1C(C)C. The van der Waals surface area contributed by atoms with E-state index in [-0.39, 0.29) is 0 Å². The van der Waals surface area contributed by atoms with E-state index >= 15 is 0 Å². The van der Waals surface area contributed by atoms with Crippen LogP contribution in [0.15, 0.2) is 6.33 Å². The fraction of sp³-hybridized carbons (Fsp3) is 0.818. The largest absolute Gasteiger partial charge is 0.310 e. The monoisotopic (exact) mass is 210 g/mol. The molecule has 0 fully saturated rings. The summed E-state index contributed by atoms with van der Waals surface area (Å²) in [6.07, 6.45) is 2.83. The Balaban J connectivity index is 2.34. The van der Waals surface area contributed by atoms with Crippen LogP contribution in [0.4, 0.5) is 0 Å². The molecule has 15 heavy (non-hydrogen) atoms. The van der Waals surface area contributed by atoms with E-state index in [2.05, 4.69) is 43.1 Å². The Hall–Kier alpha value is -0.900. The number of aromatic nitrogens is 3. The Bertz CT molecular complexity index is 278. The molecule has 0 unspecified atom stereocenters. The molecule has 4 nitrogen and oxygen atoms in total. The molecule has 0 saturated heterocycles. The lowest BCUT2D eigenvalue weighted by atomic mass is 10.1. The third-order valence-electron chi connectivity index (χ3n) is 2.32. The lowest BCUT2D eigenvalue weighted by molar-refractivity contribution is 0.477. The topological polar surface area (TPSA) is 42.7 Å². The Morgan fingerprint density at radius 3 is 2.67 bits per heavy atom. The highest BCUT2D eigenvalue weighted by molar-refractivity contribution is 4.85. The molecule has 0 bridgehead atoms. The Labute approximate surface area is 92.1 Å². The molecule has 0 atom stereocenters. The molecule has 0 aromatic carbocycles. The van der Waals surface area contributed by atoms with Gasteiger partial charge in [0.25, 0.3) is 0 Å². The van der Waals surface area contributed by atoms with E-state index in [1.807, 2.05) is 4.68 Å². The van der Waals surface area contributed by atoms with E-state index < -0.39 is 0 Å². The van der Waals surface area contributed by atoms with E-state index in [1.165, 1.54) is 6.42 Å². The van der Waals surface area contributed by atoms with Gasteiger partial charge in [-0.1, -0.05) is 13.8 Å². The average Bonchev–Trinajstić information content (AvgIpc) is 2.60. The first-order valence-electron chi connectivity index (χ1n) is 5.70. The third-order valence-corrected chi connectivity index (χ3v) is 2.32. The standard InChI is InChI=1S/C11H22N4/c1-9(2)5-6-12-7-11-13-8-14-15(11)10(3)4/h8-10,12H,5-7H2,1-4H3. The summed E-state index contributed by atoms with van der Waals surface area (Å²) in [5.41, 5.74) is 0. The van der Waals surface area contributed by atoms with Gasteiger partial charge >= 0.3 is 0 Å². The Kier molecular flexibility index (Phi) is 4.75. The highest BCUT2D eigenvalue weighted by atomic mass is 15.3. The van der Waals surface area contributed by atoms with Crippen LogP contribution in [0, 0.1) is 5.92 Å². The van der Waals surface area contributed by atoms with Gasteiger partial charge < -0.3 is 5.32 Å². The second-order valence-corrected chi connectivity index (χ2v) is 4.57. The van der Waals surface area contributed by atoms with Crippen molar-refractivity contribution in [1.82, 2.24) is 20.1 Å². The van der Waals surface area contributed by atoms with E-state index in [4.69, 9.17) is 0 Å². The number of hydrogen-bond donors (Lipinski definition) is 1. The van der Waals surface area contributed by atoms with Gasteiger partial charge in [-0.25, -0.2) is 9.67 Å². The van der Waals surface area contributed by atoms with Crippen LogP contribution >= 0.6 is 0 Å². The van der Waals surface area contributed by atoms with Crippen molar-refractivity contribution >= 4 is 0 Å². The van der Waals surface area contributed by atoms with Crippen LogP contribution in [0.3, 0.4) is 0 Å². The number of nitrogens with zero attached hydrogens (tertiary/aromatic N) is 3. The van der Waals surface area contributed by atoms with Crippen LogP contribution in [0.1, 0.15) is 46.0 Å². The van der Waals surface area contributed by atoms with Crippen LogP contribution in [0.5, 0.6) is 0 Å². The zero-order chi connectivity index (χ0) is 11.3. The van der Waals surface area contributed by atoms with Crippen LogP contribution in [0.2, 0.25) is 0 Å². The molecule has 0 aliphatic carbocycles. The molecule has 0 spiro atoms. The molecule has 86 valence electrons. The summed E-state index contributed by atoms with van der Waals surface area (Å²) in [7, 11) is 0. The molecular formula is C11H22N4. The zero-order valence-electron chi connectivity index (χ0n) is 10.2. The van der Waals surface area contributed by atoms with E-state index in [0.29, 0.717) is 6.04 Å². The minimum Gasteiger partial charge on any atom is -0.310 e. The predicted octanol–water partition coefficient (Wildman–Crippen LogP) is 1.99. The van der Waals surface area contributed by atoms with Crippen molar-refractivity contribution in [2.45, 2.75) is 46.7 Å². The third kappa shape index (κ3) is 4.00. The number of nitrogens with one attached hydrogen (secondary N) is 1. The van der Waals surface area contributed by atoms with Crippen molar-refractivity contribution in [3.05, 3.63) is 12.2 Å². The van der Waals surface area contributed by atoms with Gasteiger partial charge in [-0.3, -0.25) is 0 Å². The van der Waals surface area contributed by atoms with Crippen LogP contribution in [-0.2, 0) is 6.54 Å². The van der Waals surface area contributed by atoms with E-state index in [0.717, 1.165) is 24.8 Å². The van der Waals surface area contributed by atoms with Crippen molar-refractivity contribution in [3.8, 4) is 0 Å². The minimum atomic E-state index is 0.384. The first kappa shape index (κ1) is 12.2. The maximum atomic E-state index is 4.24. The fourth-order valence-corrected chi connectivity index (χ4v) is 1.42. The molecule has 0 saturated carbocycles. The second-order valence-electron chi connectivity index (χ2n) is 4.57. The molecule has 4 heteroatoms. The van der Waals surface area contributed by atoms with Crippen molar-refractivity contribution in [1.29, 1.82) is 0 Å². The van der Waals surface area contributed by atoms with Crippen molar-refractivity contribution in [2.24, 2.45) is 5.92 Å². The Morgan fingerprint density at radius 2 is 2.07 bits per heavy atom. The number of rotatable bonds is 6. The van der Waals surface area contributed by atoms with Crippen LogP contribution < -0.4 is 5.32 Å². The molecule has 1 N–H and O–H groups in total. The van der Waals surface area contributed by atoms with Crippen molar-refractivity contribution in [2.75, 3.05) is 6.54 Å². The second kappa shape index (κ2) is 5.85. The summed E-state index contributed by atoms with van der Waals surface area (Å²) in [6.45, 7) is 10.6. The molecule has 0 aliphatic heterocycles. The molecule has 1 rings (SSSR count). The van der Waals surface area contributed by atoms with Crippen LogP contribution in [-0.4, -0.2) is 21.3 Å². The van der Waals surface area contributed by atoms with Gasteiger partial charge in [0.05, 0.1) is 6.54 Å². The minimum absolute atomic E-state index is 0.384. The van der Waals surface area contributed by atoms with Gasteiger partial charge in [-0.2, -0.15) is 5.10 Å². The van der Waals surface area contributed by atoms with Gasteiger partial charge in [0.1, 0.15) is 12.2 Å². The Morgan fingerprint density at radius 1 is 1.33 bits per heavy atom. The molecule has 1 heterocycles. The highest BCUT2D eigenvalue weighted by Crippen LogP contribution is 2.04. The smallest absolute Gasteiger partial charge is 0.141 e. The molecule has 0 radical (unpaired) electrons. The lowest BCUT2D eigenvalue weighted by Gasteiger charge is -2.10. The summed E-state index contributed by atoms with van der Waals surface area (Å²) in [6, 6.07) is 0.384. The molecule has 1 aromatic rings. The molecule has 0 aliphatic rings. The van der Waals surface area contributed by atoms with Gasteiger partial charge in [0.15, 0.2) is 0 Å². The number of hydrogen-bond acceptors (Lipinski definition) is 3. The lowest BCUT2D eigenvalue weighted by Crippen LogP contribution is -2.20. The average molecular weight is 210 g/mol. The van der Waals surface area contributed by atoms with Gasteiger partial charge in [0, 0.05) is 6.04 Å². The summed E-state index contributed by atoms with van der Waals surface area (Å²) < 4.78 is 1.96. The normalized spacial score (nSPS) is 11.6. The van der Waals surface area contributed by atoms with E-state index in [9.17, 15) is 0 Å². The van der Waals surface area contributed by atoms with Crippen LogP contribution in [0.25, 0.3) is 0 Å². The quantitative estimate of drug-likeness (QED) is 0.730. The highest BCUT2D eigenvalue weighted by Gasteiger charge is 2.06. The molecule has 0 amide bonds. The maximum absolute atomic E-state index is 4.24. The van der Waals surface area contributed by atoms with E-state index in [1.54, 1.807) is 6.33 Å². The fourth-order valence-electron chi connectivity index (χ4n) is 1.42. The summed E-state index contributed by atoms with van der Waals surface area (Å²) in [4.78, 5) is 4.24. The van der Waals surface area contributed by atoms with Gasteiger partial charge in [-0.05, 0) is 32.7 Å². The predicted molar refractivity (Wildman–Crippen MR) is 61.6 cm³/mol. The van der Waals surface area contributed by atoms with Crippen molar-refractivity contribution < 1.29 is 0 Å². The summed E-state index contributed by atoms with van der Waals surface area (Å²) >= 11 is 0. The summed E-state index contributed by atoms with van der Waals surface area (Å²) in [5.74, 6) is 1.77. The molecule has 1 aromatic heterocycles. The molecular weight excluding hydrogens is 188 g/mol. The summed E-state index contributed by atoms with van der Waals surface area (Å²) in [5, 5.41) is 7.59. The van der Waals surface area contributed by atoms with Gasteiger partial charge in [0.2, 0.25) is 0 Å². The van der Waals surface area contributed by atoms with Gasteiger partial charge in [-0.15, -0.1) is 0 Å². The zero-order valence-corrected chi connectivity index (χ0v) is 10.2. The first-order valence-corrected chi connectivity index (χ1v) is 5.70. The maximum Gasteiger partial charge on any atom is 0.141 e. The van der Waals surface area contributed by atoms with Crippen molar-refractivity contribution in [3.63, 3.8) is 0 Å². The first-order chi connectivity index (χ1) is 7.11.